The van der Waals surface area contributed by atoms with Crippen molar-refractivity contribution in [3.05, 3.63) is 18.2 Å². The van der Waals surface area contributed by atoms with E-state index < -0.39 is 5.41 Å². The van der Waals surface area contributed by atoms with Gasteiger partial charge in [-0.3, -0.25) is 4.79 Å². The maximum Gasteiger partial charge on any atom is 0.228 e. The number of imidazole rings is 1. The number of carbonyl (C=O) groups is 1. The van der Waals surface area contributed by atoms with Gasteiger partial charge in [0.25, 0.3) is 0 Å². The van der Waals surface area contributed by atoms with Gasteiger partial charge in [0.15, 0.2) is 0 Å². The van der Waals surface area contributed by atoms with Crippen molar-refractivity contribution in [1.82, 2.24) is 14.9 Å². The van der Waals surface area contributed by atoms with Crippen LogP contribution in [0, 0.1) is 5.41 Å². The molecule has 0 atom stereocenters. The van der Waals surface area contributed by atoms with Crippen molar-refractivity contribution in [1.29, 1.82) is 0 Å². The van der Waals surface area contributed by atoms with Gasteiger partial charge in [-0.25, -0.2) is 4.98 Å². The van der Waals surface area contributed by atoms with Gasteiger partial charge in [0.05, 0.1) is 13.2 Å². The average molecular weight is 239 g/mol. The zero-order valence-corrected chi connectivity index (χ0v) is 10.7. The van der Waals surface area contributed by atoms with Crippen molar-refractivity contribution < 1.29 is 9.90 Å². The first-order chi connectivity index (χ1) is 8.01. The lowest BCUT2D eigenvalue weighted by atomic mass is 9.88. The minimum Gasteiger partial charge on any atom is -0.395 e. The van der Waals surface area contributed by atoms with Crippen molar-refractivity contribution in [3.63, 3.8) is 0 Å². The Morgan fingerprint density at radius 1 is 1.59 bits per heavy atom. The number of aliphatic hydroxyl groups is 1. The van der Waals surface area contributed by atoms with E-state index in [0.717, 1.165) is 12.2 Å². The van der Waals surface area contributed by atoms with E-state index >= 15 is 0 Å². The average Bonchev–Trinajstić information content (AvgIpc) is 2.80. The Hall–Kier alpha value is -1.36. The third-order valence-corrected chi connectivity index (χ3v) is 3.02. The summed E-state index contributed by atoms with van der Waals surface area (Å²) in [5.41, 5.74) is -0.401. The largest absolute Gasteiger partial charge is 0.395 e. The minimum absolute atomic E-state index is 0.0355. The molecule has 17 heavy (non-hydrogen) atoms. The molecule has 0 aromatic carbocycles. The summed E-state index contributed by atoms with van der Waals surface area (Å²) in [5.74, 6) is 0.782. The summed E-state index contributed by atoms with van der Waals surface area (Å²) in [6, 6.07) is 0. The second-order valence-corrected chi connectivity index (χ2v) is 4.72. The number of aliphatic hydroxyl groups excluding tert-OH is 1. The number of H-pyrrole nitrogens is 1. The molecule has 1 aromatic heterocycles. The van der Waals surface area contributed by atoms with Crippen molar-refractivity contribution in [3.8, 4) is 0 Å². The Morgan fingerprint density at radius 3 is 2.76 bits per heavy atom. The number of rotatable bonds is 6. The first-order valence-corrected chi connectivity index (χ1v) is 5.89. The molecule has 0 aliphatic carbocycles. The lowest BCUT2D eigenvalue weighted by molar-refractivity contribution is -0.141. The summed E-state index contributed by atoms with van der Waals surface area (Å²) < 4.78 is 0. The summed E-state index contributed by atoms with van der Waals surface area (Å²) in [6.45, 7) is 6.54. The molecule has 1 heterocycles. The lowest BCUT2D eigenvalue weighted by Crippen LogP contribution is -2.41. The number of aromatic nitrogens is 2. The molecule has 96 valence electrons. The van der Waals surface area contributed by atoms with Crippen molar-refractivity contribution in [2.75, 3.05) is 13.2 Å². The van der Waals surface area contributed by atoms with Gasteiger partial charge in [-0.1, -0.05) is 20.8 Å². The molecule has 0 radical (unpaired) electrons. The van der Waals surface area contributed by atoms with Crippen molar-refractivity contribution in [2.24, 2.45) is 5.41 Å². The van der Waals surface area contributed by atoms with Gasteiger partial charge in [0.2, 0.25) is 5.91 Å². The number of aromatic amines is 1. The molecule has 5 nitrogen and oxygen atoms in total. The first-order valence-electron chi connectivity index (χ1n) is 5.89. The number of nitrogens with one attached hydrogen (secondary N) is 1. The van der Waals surface area contributed by atoms with Crippen LogP contribution in [0.3, 0.4) is 0 Å². The highest BCUT2D eigenvalue weighted by Crippen LogP contribution is 2.23. The molecule has 0 bridgehead atoms. The fourth-order valence-electron chi connectivity index (χ4n) is 1.52. The van der Waals surface area contributed by atoms with Crippen LogP contribution in [0.2, 0.25) is 0 Å². The van der Waals surface area contributed by atoms with Crippen LogP contribution < -0.4 is 0 Å². The van der Waals surface area contributed by atoms with Crippen molar-refractivity contribution >= 4 is 5.91 Å². The van der Waals surface area contributed by atoms with Gasteiger partial charge in [-0.15, -0.1) is 0 Å². The van der Waals surface area contributed by atoms with Gasteiger partial charge < -0.3 is 15.0 Å². The van der Waals surface area contributed by atoms with Crippen LogP contribution in [0.15, 0.2) is 12.4 Å². The summed E-state index contributed by atoms with van der Waals surface area (Å²) >= 11 is 0. The van der Waals surface area contributed by atoms with Crippen LogP contribution in [0.1, 0.15) is 33.0 Å². The molecule has 2 N–H and O–H groups in total. The van der Waals surface area contributed by atoms with Gasteiger partial charge in [-0.2, -0.15) is 0 Å². The Morgan fingerprint density at radius 2 is 2.29 bits per heavy atom. The SMILES string of the molecule is CCC(C)(C)C(=O)N(CCO)Cc1ncc[nH]1. The van der Waals surface area contributed by atoms with Gasteiger partial charge in [-0.05, 0) is 6.42 Å². The summed E-state index contributed by atoms with van der Waals surface area (Å²) in [5, 5.41) is 9.03. The molecule has 1 rings (SSSR count). The van der Waals surface area contributed by atoms with E-state index in [0.29, 0.717) is 13.1 Å². The summed E-state index contributed by atoms with van der Waals surface area (Å²) in [6.07, 6.45) is 4.15. The number of nitrogens with zero attached hydrogens (tertiary/aromatic N) is 2. The van der Waals surface area contributed by atoms with Gasteiger partial charge in [0, 0.05) is 24.4 Å². The molecule has 0 fully saturated rings. The van der Waals surface area contributed by atoms with Gasteiger partial charge >= 0.3 is 0 Å². The normalized spacial score (nSPS) is 11.5. The Balaban J connectivity index is 2.75. The Labute approximate surface area is 102 Å². The standard InChI is InChI=1S/C12H21N3O2/c1-4-12(2,3)11(17)15(7-8-16)9-10-13-5-6-14-10/h5-6,16H,4,7-9H2,1-3H3,(H,13,14). The maximum atomic E-state index is 12.3. The minimum atomic E-state index is -0.401. The molecular weight excluding hydrogens is 218 g/mol. The number of hydrogen-bond donors (Lipinski definition) is 2. The first kappa shape index (κ1) is 13.7. The second kappa shape index (κ2) is 5.82. The lowest BCUT2D eigenvalue weighted by Gasteiger charge is -2.30. The number of amides is 1. The zero-order chi connectivity index (χ0) is 12.9. The van der Waals surface area contributed by atoms with Gasteiger partial charge in [0.1, 0.15) is 5.82 Å². The topological polar surface area (TPSA) is 69.2 Å². The van der Waals surface area contributed by atoms with Crippen LogP contribution in [0.25, 0.3) is 0 Å². The fourth-order valence-corrected chi connectivity index (χ4v) is 1.52. The molecule has 1 amide bonds. The highest BCUT2D eigenvalue weighted by atomic mass is 16.3. The van der Waals surface area contributed by atoms with E-state index in [1.165, 1.54) is 0 Å². The summed E-state index contributed by atoms with van der Waals surface area (Å²) in [7, 11) is 0. The van der Waals surface area contributed by atoms with Crippen LogP contribution in [-0.4, -0.2) is 39.0 Å². The Kier molecular flexibility index (Phi) is 4.69. The summed E-state index contributed by atoms with van der Waals surface area (Å²) in [4.78, 5) is 21.0. The highest BCUT2D eigenvalue weighted by Gasteiger charge is 2.30. The molecule has 0 aliphatic heterocycles. The fraction of sp³-hybridized carbons (Fsp3) is 0.667. The van der Waals surface area contributed by atoms with Crippen molar-refractivity contribution in [2.45, 2.75) is 33.7 Å². The monoisotopic (exact) mass is 239 g/mol. The smallest absolute Gasteiger partial charge is 0.228 e. The molecule has 0 spiro atoms. The second-order valence-electron chi connectivity index (χ2n) is 4.72. The van der Waals surface area contributed by atoms with E-state index in [1.54, 1.807) is 17.3 Å². The van der Waals surface area contributed by atoms with Crippen LogP contribution in [0.5, 0.6) is 0 Å². The molecule has 5 heteroatoms. The van der Waals surface area contributed by atoms with Crippen LogP contribution in [-0.2, 0) is 11.3 Å². The predicted molar refractivity (Wildman–Crippen MR) is 65.2 cm³/mol. The van der Waals surface area contributed by atoms with Crippen LogP contribution >= 0.6 is 0 Å². The van der Waals surface area contributed by atoms with E-state index in [9.17, 15) is 4.79 Å². The third-order valence-electron chi connectivity index (χ3n) is 3.02. The Bertz CT molecular complexity index is 347. The van der Waals surface area contributed by atoms with E-state index in [2.05, 4.69) is 9.97 Å². The van der Waals surface area contributed by atoms with Crippen LogP contribution in [0.4, 0.5) is 0 Å². The van der Waals surface area contributed by atoms with E-state index in [4.69, 9.17) is 5.11 Å². The quantitative estimate of drug-likeness (QED) is 0.783. The molecule has 0 saturated carbocycles. The zero-order valence-electron chi connectivity index (χ0n) is 10.7. The predicted octanol–water partition coefficient (Wildman–Crippen LogP) is 1.17. The van der Waals surface area contributed by atoms with E-state index in [1.807, 2.05) is 20.8 Å². The molecule has 0 saturated heterocycles. The highest BCUT2D eigenvalue weighted by molar-refractivity contribution is 5.81. The molecule has 0 unspecified atom stereocenters. The van der Waals surface area contributed by atoms with E-state index in [-0.39, 0.29) is 12.5 Å². The molecule has 1 aromatic rings. The number of carbonyl (C=O) groups excluding carboxylic acids is 1. The third kappa shape index (κ3) is 3.56. The number of hydrogen-bond acceptors (Lipinski definition) is 3. The maximum absolute atomic E-state index is 12.3. The molecular formula is C12H21N3O2. The molecule has 0 aliphatic rings.